The van der Waals surface area contributed by atoms with Gasteiger partial charge >= 0.3 is 0 Å². The maximum absolute atomic E-state index is 12.5. The van der Waals surface area contributed by atoms with Gasteiger partial charge in [0.15, 0.2) is 13.2 Å². The third-order valence-corrected chi connectivity index (χ3v) is 5.43. The molecule has 0 bridgehead atoms. The molecule has 0 radical (unpaired) electrons. The number of rotatable bonds is 9. The molecule has 1 fully saturated rings. The van der Waals surface area contributed by atoms with Gasteiger partial charge in [0.25, 0.3) is 11.8 Å². The molecule has 4 rings (SSSR count). The summed E-state index contributed by atoms with van der Waals surface area (Å²) in [6.45, 7) is 6.82. The van der Waals surface area contributed by atoms with E-state index >= 15 is 0 Å². The molecule has 33 heavy (non-hydrogen) atoms. The highest BCUT2D eigenvalue weighted by atomic mass is 16.5. The molecule has 2 aromatic carbocycles. The molecule has 2 aliphatic heterocycles. The number of nitrogens with one attached hydrogen (secondary N) is 1. The largest absolute Gasteiger partial charge is 0.494 e. The predicted octanol–water partition coefficient (Wildman–Crippen LogP) is 2.16. The van der Waals surface area contributed by atoms with Crippen LogP contribution in [0, 0.1) is 0 Å². The first-order valence-corrected chi connectivity index (χ1v) is 11.1. The van der Waals surface area contributed by atoms with Crippen molar-refractivity contribution in [2.24, 2.45) is 0 Å². The van der Waals surface area contributed by atoms with Gasteiger partial charge in [-0.25, -0.2) is 0 Å². The highest BCUT2D eigenvalue weighted by Gasteiger charge is 2.26. The van der Waals surface area contributed by atoms with Crippen LogP contribution < -0.4 is 24.4 Å². The number of morpholine rings is 1. The number of amides is 2. The smallest absolute Gasteiger partial charge is 0.265 e. The molecule has 1 saturated heterocycles. The zero-order valence-corrected chi connectivity index (χ0v) is 18.7. The summed E-state index contributed by atoms with van der Waals surface area (Å²) in [4.78, 5) is 28.9. The van der Waals surface area contributed by atoms with Crippen molar-refractivity contribution in [2.75, 3.05) is 69.4 Å². The number of benzene rings is 2. The van der Waals surface area contributed by atoms with E-state index in [1.807, 2.05) is 6.92 Å². The topological polar surface area (TPSA) is 89.6 Å². The van der Waals surface area contributed by atoms with Crippen molar-refractivity contribution in [1.29, 1.82) is 0 Å². The molecule has 9 nitrogen and oxygen atoms in total. The summed E-state index contributed by atoms with van der Waals surface area (Å²) in [6.07, 6.45) is 0. The Hall–Kier alpha value is -3.30. The molecule has 176 valence electrons. The van der Waals surface area contributed by atoms with Gasteiger partial charge in [-0.15, -0.1) is 0 Å². The van der Waals surface area contributed by atoms with Gasteiger partial charge in [-0.3, -0.25) is 14.5 Å². The fourth-order valence-electron chi connectivity index (χ4n) is 3.74. The van der Waals surface area contributed by atoms with Gasteiger partial charge in [-0.05, 0) is 49.4 Å². The second kappa shape index (κ2) is 11.0. The summed E-state index contributed by atoms with van der Waals surface area (Å²) in [5, 5.41) is 2.83. The molecule has 2 aromatic rings. The van der Waals surface area contributed by atoms with Crippen molar-refractivity contribution in [3.63, 3.8) is 0 Å². The van der Waals surface area contributed by atoms with Crippen molar-refractivity contribution in [3.05, 3.63) is 42.5 Å². The first kappa shape index (κ1) is 22.9. The van der Waals surface area contributed by atoms with E-state index in [0.717, 1.165) is 25.4 Å². The average Bonchev–Trinajstić information content (AvgIpc) is 2.84. The van der Waals surface area contributed by atoms with E-state index in [1.54, 1.807) is 47.4 Å². The van der Waals surface area contributed by atoms with Crippen molar-refractivity contribution in [1.82, 2.24) is 4.90 Å². The second-order valence-corrected chi connectivity index (χ2v) is 7.71. The van der Waals surface area contributed by atoms with Crippen molar-refractivity contribution in [3.8, 4) is 17.2 Å². The quantitative estimate of drug-likeness (QED) is 0.620. The Balaban J connectivity index is 1.35. The Morgan fingerprint density at radius 3 is 2.48 bits per heavy atom. The third-order valence-electron chi connectivity index (χ3n) is 5.43. The van der Waals surface area contributed by atoms with Gasteiger partial charge < -0.3 is 29.2 Å². The molecular formula is C24H29N3O6. The summed E-state index contributed by atoms with van der Waals surface area (Å²) < 4.78 is 21.9. The molecule has 0 atom stereocenters. The van der Waals surface area contributed by atoms with Gasteiger partial charge in [0.05, 0.1) is 25.5 Å². The molecule has 0 aliphatic carbocycles. The average molecular weight is 456 g/mol. The van der Waals surface area contributed by atoms with E-state index in [2.05, 4.69) is 10.2 Å². The molecule has 0 aromatic heterocycles. The van der Waals surface area contributed by atoms with E-state index in [4.69, 9.17) is 18.9 Å². The Bertz CT molecular complexity index is 959. The SMILES string of the molecule is CCOc1ccc(OCC(=O)Nc2ccc3c(c2)N(CCN2CCOCC2)C(=O)CO3)cc1. The number of hydrogen-bond acceptors (Lipinski definition) is 7. The number of carbonyl (C=O) groups is 2. The lowest BCUT2D eigenvalue weighted by molar-refractivity contribution is -0.121. The van der Waals surface area contributed by atoms with Crippen LogP contribution in [0.3, 0.4) is 0 Å². The monoisotopic (exact) mass is 455 g/mol. The lowest BCUT2D eigenvalue weighted by Crippen LogP contribution is -2.45. The van der Waals surface area contributed by atoms with Gasteiger partial charge in [0.2, 0.25) is 0 Å². The first-order chi connectivity index (χ1) is 16.1. The number of anilines is 2. The molecule has 2 heterocycles. The summed E-state index contributed by atoms with van der Waals surface area (Å²) in [6, 6.07) is 12.4. The van der Waals surface area contributed by atoms with Gasteiger partial charge in [0.1, 0.15) is 17.2 Å². The minimum absolute atomic E-state index is 0.0116. The zero-order chi connectivity index (χ0) is 23.0. The van der Waals surface area contributed by atoms with Crippen LogP contribution in [0.5, 0.6) is 17.2 Å². The van der Waals surface area contributed by atoms with E-state index in [-0.39, 0.29) is 25.0 Å². The lowest BCUT2D eigenvalue weighted by Gasteiger charge is -2.33. The Labute approximate surface area is 193 Å². The van der Waals surface area contributed by atoms with Crippen LogP contribution in [0.4, 0.5) is 11.4 Å². The highest BCUT2D eigenvalue weighted by molar-refractivity contribution is 5.99. The maximum atomic E-state index is 12.5. The highest BCUT2D eigenvalue weighted by Crippen LogP contribution is 2.34. The molecule has 1 N–H and O–H groups in total. The first-order valence-electron chi connectivity index (χ1n) is 11.1. The molecular weight excluding hydrogens is 426 g/mol. The molecule has 0 spiro atoms. The molecule has 9 heteroatoms. The summed E-state index contributed by atoms with van der Waals surface area (Å²) in [5.41, 5.74) is 1.23. The maximum Gasteiger partial charge on any atom is 0.265 e. The summed E-state index contributed by atoms with van der Waals surface area (Å²) >= 11 is 0. The van der Waals surface area contributed by atoms with Crippen molar-refractivity contribution < 1.29 is 28.5 Å². The number of hydrogen-bond donors (Lipinski definition) is 1. The fourth-order valence-corrected chi connectivity index (χ4v) is 3.74. The lowest BCUT2D eigenvalue weighted by atomic mass is 10.2. The van der Waals surface area contributed by atoms with Crippen LogP contribution in [-0.4, -0.2) is 75.9 Å². The van der Waals surface area contributed by atoms with E-state index in [9.17, 15) is 9.59 Å². The predicted molar refractivity (Wildman–Crippen MR) is 123 cm³/mol. The minimum atomic E-state index is -0.299. The van der Waals surface area contributed by atoms with Crippen LogP contribution >= 0.6 is 0 Å². The van der Waals surface area contributed by atoms with E-state index < -0.39 is 0 Å². The Morgan fingerprint density at radius 1 is 1.03 bits per heavy atom. The summed E-state index contributed by atoms with van der Waals surface area (Å²) in [7, 11) is 0. The third kappa shape index (κ3) is 6.15. The van der Waals surface area contributed by atoms with Gasteiger partial charge in [0, 0.05) is 31.9 Å². The fraction of sp³-hybridized carbons (Fsp3) is 0.417. The van der Waals surface area contributed by atoms with Crippen LogP contribution in [0.25, 0.3) is 0 Å². The normalized spacial score (nSPS) is 16.0. The summed E-state index contributed by atoms with van der Waals surface area (Å²) in [5.74, 6) is 1.55. The van der Waals surface area contributed by atoms with E-state index in [1.165, 1.54) is 0 Å². The number of carbonyl (C=O) groups excluding carboxylic acids is 2. The zero-order valence-electron chi connectivity index (χ0n) is 18.7. The molecule has 0 unspecified atom stereocenters. The number of ether oxygens (including phenoxy) is 4. The van der Waals surface area contributed by atoms with Crippen molar-refractivity contribution in [2.45, 2.75) is 6.92 Å². The number of fused-ring (bicyclic) bond motifs is 1. The molecule has 0 saturated carbocycles. The number of nitrogens with zero attached hydrogens (tertiary/aromatic N) is 2. The molecule has 2 aliphatic rings. The van der Waals surface area contributed by atoms with Crippen LogP contribution in [-0.2, 0) is 14.3 Å². The van der Waals surface area contributed by atoms with Crippen molar-refractivity contribution >= 4 is 23.2 Å². The van der Waals surface area contributed by atoms with Crippen LogP contribution in [0.1, 0.15) is 6.92 Å². The molecule has 2 amide bonds. The van der Waals surface area contributed by atoms with Gasteiger partial charge in [-0.1, -0.05) is 0 Å². The second-order valence-electron chi connectivity index (χ2n) is 7.71. The van der Waals surface area contributed by atoms with E-state index in [0.29, 0.717) is 49.2 Å². The van der Waals surface area contributed by atoms with Crippen LogP contribution in [0.2, 0.25) is 0 Å². The Morgan fingerprint density at radius 2 is 1.76 bits per heavy atom. The van der Waals surface area contributed by atoms with Crippen LogP contribution in [0.15, 0.2) is 42.5 Å². The standard InChI is InChI=1S/C24H29N3O6/c1-2-31-19-4-6-20(7-5-19)32-16-23(28)25-18-3-8-22-21(15-18)27(24(29)17-33-22)10-9-26-11-13-30-14-12-26/h3-8,15H,2,9-14,16-17H2,1H3,(H,25,28). The van der Waals surface area contributed by atoms with Gasteiger partial charge in [-0.2, -0.15) is 0 Å². The Kier molecular flexibility index (Phi) is 7.64. The minimum Gasteiger partial charge on any atom is -0.494 e.